The Balaban J connectivity index is 1.83. The minimum absolute atomic E-state index is 0.0365. The van der Waals surface area contributed by atoms with Crippen LogP contribution in [0.5, 0.6) is 0 Å². The van der Waals surface area contributed by atoms with Crippen LogP contribution in [-0.4, -0.2) is 15.6 Å². The molecular weight excluding hydrogens is 410 g/mol. The second-order valence-corrected chi connectivity index (χ2v) is 6.92. The molecule has 0 aliphatic heterocycles. The zero-order valence-corrected chi connectivity index (χ0v) is 16.3. The average Bonchev–Trinajstić information content (AvgIpc) is 2.74. The van der Waals surface area contributed by atoms with Gasteiger partial charge in [0, 0.05) is 47.0 Å². The number of nitro benzene ring substituents is 2. The first kappa shape index (κ1) is 20.9. The molecule has 0 aromatic heterocycles. The van der Waals surface area contributed by atoms with Crippen LogP contribution < -0.4 is 5.32 Å². The number of anilines is 1. The maximum Gasteiger partial charge on any atom is 0.269 e. The molecule has 0 spiro atoms. The van der Waals surface area contributed by atoms with Crippen LogP contribution in [0.4, 0.5) is 17.1 Å². The molecule has 0 fully saturated rings. The molecule has 3 aromatic rings. The molecule has 1 atom stereocenters. The van der Waals surface area contributed by atoms with Crippen LogP contribution in [0.1, 0.15) is 28.4 Å². The van der Waals surface area contributed by atoms with Gasteiger partial charge < -0.3 is 5.32 Å². The van der Waals surface area contributed by atoms with Crippen molar-refractivity contribution in [3.63, 3.8) is 0 Å². The highest BCUT2D eigenvalue weighted by atomic mass is 35.5. The Kier molecular flexibility index (Phi) is 6.38. The second-order valence-electron chi connectivity index (χ2n) is 6.48. The van der Waals surface area contributed by atoms with Crippen molar-refractivity contribution in [2.75, 3.05) is 5.32 Å². The minimum atomic E-state index is -0.527. The Bertz CT molecular complexity index is 1070. The molecule has 0 bridgehead atoms. The smallest absolute Gasteiger partial charge is 0.269 e. The third kappa shape index (κ3) is 5.18. The summed E-state index contributed by atoms with van der Waals surface area (Å²) in [5.74, 6) is -0.209. The monoisotopic (exact) mass is 425 g/mol. The number of hydrogen-bond donors (Lipinski definition) is 1. The van der Waals surface area contributed by atoms with E-state index in [0.717, 1.165) is 5.56 Å². The van der Waals surface area contributed by atoms with Gasteiger partial charge >= 0.3 is 0 Å². The normalized spacial score (nSPS) is 11.5. The van der Waals surface area contributed by atoms with Gasteiger partial charge in [-0.2, -0.15) is 0 Å². The Labute approximate surface area is 176 Å². The number of nitro groups is 2. The third-order valence-electron chi connectivity index (χ3n) is 4.48. The summed E-state index contributed by atoms with van der Waals surface area (Å²) in [5, 5.41) is 25.4. The summed E-state index contributed by atoms with van der Waals surface area (Å²) in [7, 11) is 0. The summed E-state index contributed by atoms with van der Waals surface area (Å²) in [4.78, 5) is 33.4. The highest BCUT2D eigenvalue weighted by Gasteiger charge is 2.19. The van der Waals surface area contributed by atoms with Gasteiger partial charge in [-0.1, -0.05) is 23.7 Å². The third-order valence-corrected chi connectivity index (χ3v) is 4.73. The molecule has 0 radical (unpaired) electrons. The van der Waals surface area contributed by atoms with Gasteiger partial charge in [-0.15, -0.1) is 0 Å². The maximum atomic E-state index is 12.8. The molecule has 1 N–H and O–H groups in total. The quantitative estimate of drug-likeness (QED) is 0.286. The Hall–Kier alpha value is -3.78. The lowest BCUT2D eigenvalue weighted by Gasteiger charge is -2.20. The van der Waals surface area contributed by atoms with Crippen molar-refractivity contribution in [1.29, 1.82) is 0 Å². The highest BCUT2D eigenvalue weighted by Crippen LogP contribution is 2.27. The number of nitrogens with one attached hydrogen (secondary N) is 1. The van der Waals surface area contributed by atoms with Crippen molar-refractivity contribution in [2.45, 2.75) is 12.5 Å². The fourth-order valence-electron chi connectivity index (χ4n) is 2.90. The van der Waals surface area contributed by atoms with Crippen molar-refractivity contribution < 1.29 is 14.6 Å². The van der Waals surface area contributed by atoms with Gasteiger partial charge in [0.25, 0.3) is 11.4 Å². The summed E-state index contributed by atoms with van der Waals surface area (Å²) < 4.78 is 0. The standard InChI is InChI=1S/C21H16ClN3O5/c22-16-5-1-14(2-6-16)20(23-17-7-11-19(12-8-17)25(29)30)13-21(26)15-3-9-18(10-4-15)24(27)28/h1-12,20,23H,13H2. The number of ketones is 1. The van der Waals surface area contributed by atoms with Crippen molar-refractivity contribution in [1.82, 2.24) is 0 Å². The lowest BCUT2D eigenvalue weighted by Crippen LogP contribution is -2.16. The predicted molar refractivity (Wildman–Crippen MR) is 113 cm³/mol. The summed E-state index contributed by atoms with van der Waals surface area (Å²) in [6.07, 6.45) is 0.0659. The van der Waals surface area contributed by atoms with E-state index in [1.165, 1.54) is 36.4 Å². The van der Waals surface area contributed by atoms with E-state index in [4.69, 9.17) is 11.6 Å². The maximum absolute atomic E-state index is 12.8. The number of rotatable bonds is 8. The van der Waals surface area contributed by atoms with Crippen LogP contribution in [-0.2, 0) is 0 Å². The number of non-ortho nitro benzene ring substituents is 2. The van der Waals surface area contributed by atoms with Crippen molar-refractivity contribution >= 4 is 34.4 Å². The van der Waals surface area contributed by atoms with Crippen LogP contribution in [0.15, 0.2) is 72.8 Å². The molecule has 0 aliphatic carbocycles. The minimum Gasteiger partial charge on any atom is -0.378 e. The molecule has 0 saturated heterocycles. The summed E-state index contributed by atoms with van der Waals surface area (Å²) in [6.45, 7) is 0. The summed E-state index contributed by atoms with van der Waals surface area (Å²) in [5.41, 5.74) is 1.63. The van der Waals surface area contributed by atoms with Crippen molar-refractivity contribution in [2.24, 2.45) is 0 Å². The molecule has 8 nitrogen and oxygen atoms in total. The number of halogens is 1. The molecule has 0 heterocycles. The van der Waals surface area contributed by atoms with E-state index in [2.05, 4.69) is 5.32 Å². The largest absolute Gasteiger partial charge is 0.378 e. The predicted octanol–water partition coefficient (Wildman–Crippen LogP) is 5.58. The second kappa shape index (κ2) is 9.15. The molecule has 30 heavy (non-hydrogen) atoms. The fraction of sp³-hybridized carbons (Fsp3) is 0.0952. The zero-order chi connectivity index (χ0) is 21.7. The topological polar surface area (TPSA) is 115 Å². The molecule has 3 rings (SSSR count). The summed E-state index contributed by atoms with van der Waals surface area (Å²) >= 11 is 5.96. The molecule has 1 unspecified atom stereocenters. The van der Waals surface area contributed by atoms with E-state index < -0.39 is 15.9 Å². The van der Waals surface area contributed by atoms with Gasteiger partial charge in [-0.05, 0) is 42.0 Å². The number of nitrogens with zero attached hydrogens (tertiary/aromatic N) is 2. The first-order valence-electron chi connectivity index (χ1n) is 8.87. The lowest BCUT2D eigenvalue weighted by atomic mass is 9.97. The van der Waals surface area contributed by atoms with Gasteiger partial charge in [0.2, 0.25) is 0 Å². The number of Topliss-reactive ketones (excluding diaryl/α,β-unsaturated/α-hetero) is 1. The zero-order valence-electron chi connectivity index (χ0n) is 15.5. The molecule has 152 valence electrons. The number of carbonyl (C=O) groups is 1. The molecule has 0 aliphatic rings. The van der Waals surface area contributed by atoms with Gasteiger partial charge in [-0.25, -0.2) is 0 Å². The summed E-state index contributed by atoms with van der Waals surface area (Å²) in [6, 6.07) is 17.8. The van der Waals surface area contributed by atoms with E-state index in [-0.39, 0.29) is 23.6 Å². The van der Waals surface area contributed by atoms with Crippen LogP contribution in [0, 0.1) is 20.2 Å². The first-order valence-corrected chi connectivity index (χ1v) is 9.25. The Morgan fingerprint density at radius 3 is 1.83 bits per heavy atom. The average molecular weight is 426 g/mol. The van der Waals surface area contributed by atoms with Gasteiger partial charge in [0.1, 0.15) is 0 Å². The SMILES string of the molecule is O=C(CC(Nc1ccc([N+](=O)[O-])cc1)c1ccc(Cl)cc1)c1ccc([N+](=O)[O-])cc1. The molecule has 0 saturated carbocycles. The molecule has 3 aromatic carbocycles. The van der Waals surface area contributed by atoms with Crippen molar-refractivity contribution in [3.05, 3.63) is 109 Å². The highest BCUT2D eigenvalue weighted by molar-refractivity contribution is 6.30. The van der Waals surface area contributed by atoms with E-state index in [1.54, 1.807) is 36.4 Å². The van der Waals surface area contributed by atoms with Gasteiger partial charge in [0.05, 0.1) is 15.9 Å². The van der Waals surface area contributed by atoms with Crippen LogP contribution in [0.25, 0.3) is 0 Å². The molecule has 0 amide bonds. The van der Waals surface area contributed by atoms with E-state index in [9.17, 15) is 25.0 Å². The number of hydrogen-bond acceptors (Lipinski definition) is 6. The fourth-order valence-corrected chi connectivity index (χ4v) is 3.03. The van der Waals surface area contributed by atoms with Crippen molar-refractivity contribution in [3.8, 4) is 0 Å². The Morgan fingerprint density at radius 2 is 1.33 bits per heavy atom. The van der Waals surface area contributed by atoms with Gasteiger partial charge in [-0.3, -0.25) is 25.0 Å². The first-order chi connectivity index (χ1) is 14.3. The van der Waals surface area contributed by atoms with Crippen LogP contribution in [0.2, 0.25) is 5.02 Å². The molecule has 9 heteroatoms. The number of carbonyl (C=O) groups excluding carboxylic acids is 1. The van der Waals surface area contributed by atoms with E-state index >= 15 is 0 Å². The van der Waals surface area contributed by atoms with Crippen LogP contribution >= 0.6 is 11.6 Å². The van der Waals surface area contributed by atoms with Gasteiger partial charge in [0.15, 0.2) is 5.78 Å². The lowest BCUT2D eigenvalue weighted by molar-refractivity contribution is -0.385. The Morgan fingerprint density at radius 1 is 0.833 bits per heavy atom. The molecular formula is C21H16ClN3O5. The van der Waals surface area contributed by atoms with Crippen LogP contribution in [0.3, 0.4) is 0 Å². The van der Waals surface area contributed by atoms with E-state index in [1.807, 2.05) is 0 Å². The number of benzene rings is 3. The van der Waals surface area contributed by atoms with E-state index in [0.29, 0.717) is 16.3 Å².